The van der Waals surface area contributed by atoms with Gasteiger partial charge in [0.25, 0.3) is 0 Å². The molecule has 1 atom stereocenters. The SMILES string of the molecule is Cc1cc(C(=O)O)cc(NC(C)c2cccc(Br)c2)n1. The van der Waals surface area contributed by atoms with Crippen molar-refractivity contribution in [2.45, 2.75) is 19.9 Å². The number of nitrogens with one attached hydrogen (secondary N) is 1. The fourth-order valence-corrected chi connectivity index (χ4v) is 2.36. The van der Waals surface area contributed by atoms with Gasteiger partial charge >= 0.3 is 5.97 Å². The minimum atomic E-state index is -0.950. The number of hydrogen-bond acceptors (Lipinski definition) is 3. The molecular formula is C15H15BrN2O2. The molecule has 0 amide bonds. The molecule has 0 aliphatic rings. The molecule has 0 bridgehead atoms. The third-order valence-corrected chi connectivity index (χ3v) is 3.41. The second-order valence-corrected chi connectivity index (χ2v) is 5.52. The van der Waals surface area contributed by atoms with Gasteiger partial charge in [-0.25, -0.2) is 9.78 Å². The summed E-state index contributed by atoms with van der Waals surface area (Å²) >= 11 is 3.44. The molecule has 20 heavy (non-hydrogen) atoms. The summed E-state index contributed by atoms with van der Waals surface area (Å²) in [7, 11) is 0. The average Bonchev–Trinajstić information content (AvgIpc) is 2.37. The molecule has 5 heteroatoms. The lowest BCUT2D eigenvalue weighted by molar-refractivity contribution is 0.0696. The molecule has 1 aromatic heterocycles. The van der Waals surface area contributed by atoms with Crippen LogP contribution in [-0.4, -0.2) is 16.1 Å². The quantitative estimate of drug-likeness (QED) is 0.886. The maximum absolute atomic E-state index is 11.0. The molecule has 2 rings (SSSR count). The van der Waals surface area contributed by atoms with Crippen LogP contribution in [0.2, 0.25) is 0 Å². The minimum Gasteiger partial charge on any atom is -0.478 e. The van der Waals surface area contributed by atoms with Crippen molar-refractivity contribution < 1.29 is 9.90 Å². The van der Waals surface area contributed by atoms with Crippen LogP contribution in [0.3, 0.4) is 0 Å². The van der Waals surface area contributed by atoms with Crippen LogP contribution < -0.4 is 5.32 Å². The zero-order valence-electron chi connectivity index (χ0n) is 11.2. The van der Waals surface area contributed by atoms with Crippen LogP contribution in [0.5, 0.6) is 0 Å². The van der Waals surface area contributed by atoms with Crippen molar-refractivity contribution in [2.75, 3.05) is 5.32 Å². The predicted molar refractivity (Wildman–Crippen MR) is 82.1 cm³/mol. The largest absolute Gasteiger partial charge is 0.478 e. The summed E-state index contributed by atoms with van der Waals surface area (Å²) in [5.41, 5.74) is 2.01. The molecule has 1 unspecified atom stereocenters. The highest BCUT2D eigenvalue weighted by atomic mass is 79.9. The summed E-state index contributed by atoms with van der Waals surface area (Å²) in [6.07, 6.45) is 0. The first-order chi connectivity index (χ1) is 9.45. The molecule has 0 aliphatic carbocycles. The van der Waals surface area contributed by atoms with E-state index in [4.69, 9.17) is 5.11 Å². The first-order valence-corrected chi connectivity index (χ1v) is 6.99. The van der Waals surface area contributed by atoms with E-state index < -0.39 is 5.97 Å². The van der Waals surface area contributed by atoms with Gasteiger partial charge in [-0.05, 0) is 43.7 Å². The Morgan fingerprint density at radius 1 is 1.35 bits per heavy atom. The van der Waals surface area contributed by atoms with Crippen molar-refractivity contribution in [2.24, 2.45) is 0 Å². The number of carboxylic acid groups (broad SMARTS) is 1. The molecule has 0 spiro atoms. The Morgan fingerprint density at radius 3 is 2.75 bits per heavy atom. The highest BCUT2D eigenvalue weighted by Crippen LogP contribution is 2.22. The van der Waals surface area contributed by atoms with E-state index in [2.05, 4.69) is 26.2 Å². The molecule has 104 valence electrons. The van der Waals surface area contributed by atoms with Crippen molar-refractivity contribution in [3.63, 3.8) is 0 Å². The summed E-state index contributed by atoms with van der Waals surface area (Å²) in [5, 5.41) is 12.3. The van der Waals surface area contributed by atoms with E-state index in [1.165, 1.54) is 0 Å². The maximum Gasteiger partial charge on any atom is 0.335 e. The van der Waals surface area contributed by atoms with Crippen LogP contribution in [0.4, 0.5) is 5.82 Å². The number of aryl methyl sites for hydroxylation is 1. The minimum absolute atomic E-state index is 0.0310. The summed E-state index contributed by atoms with van der Waals surface area (Å²) in [6, 6.07) is 11.1. The summed E-state index contributed by atoms with van der Waals surface area (Å²) in [4.78, 5) is 15.4. The summed E-state index contributed by atoms with van der Waals surface area (Å²) in [6.45, 7) is 3.79. The van der Waals surface area contributed by atoms with E-state index in [0.717, 1.165) is 10.0 Å². The molecule has 0 fully saturated rings. The van der Waals surface area contributed by atoms with Crippen LogP contribution in [0, 0.1) is 6.92 Å². The van der Waals surface area contributed by atoms with Crippen LogP contribution in [0.15, 0.2) is 40.9 Å². The number of hydrogen-bond donors (Lipinski definition) is 2. The van der Waals surface area contributed by atoms with Gasteiger partial charge in [0.1, 0.15) is 5.82 Å². The highest BCUT2D eigenvalue weighted by molar-refractivity contribution is 9.10. The van der Waals surface area contributed by atoms with Gasteiger partial charge in [0.15, 0.2) is 0 Å². The van der Waals surface area contributed by atoms with Gasteiger partial charge in [0, 0.05) is 16.2 Å². The van der Waals surface area contributed by atoms with Crippen LogP contribution in [0.1, 0.15) is 34.6 Å². The van der Waals surface area contributed by atoms with Crippen LogP contribution in [-0.2, 0) is 0 Å². The molecule has 2 aromatic rings. The van der Waals surface area contributed by atoms with Crippen molar-refractivity contribution in [3.05, 3.63) is 57.7 Å². The fourth-order valence-electron chi connectivity index (χ4n) is 1.95. The van der Waals surface area contributed by atoms with Crippen molar-refractivity contribution in [3.8, 4) is 0 Å². The van der Waals surface area contributed by atoms with Gasteiger partial charge in [-0.15, -0.1) is 0 Å². The third-order valence-electron chi connectivity index (χ3n) is 2.91. The number of anilines is 1. The van der Waals surface area contributed by atoms with Gasteiger partial charge in [-0.2, -0.15) is 0 Å². The second kappa shape index (κ2) is 6.05. The number of rotatable bonds is 4. The Hall–Kier alpha value is -1.88. The van der Waals surface area contributed by atoms with E-state index in [0.29, 0.717) is 11.5 Å². The molecular weight excluding hydrogens is 320 g/mol. The molecule has 4 nitrogen and oxygen atoms in total. The maximum atomic E-state index is 11.0. The van der Waals surface area contributed by atoms with Crippen molar-refractivity contribution >= 4 is 27.7 Å². The number of nitrogens with zero attached hydrogens (tertiary/aromatic N) is 1. The summed E-state index contributed by atoms with van der Waals surface area (Å²) < 4.78 is 1.01. The Labute approximate surface area is 126 Å². The van der Waals surface area contributed by atoms with Crippen molar-refractivity contribution in [1.82, 2.24) is 4.98 Å². The van der Waals surface area contributed by atoms with Gasteiger partial charge in [0.05, 0.1) is 5.56 Å². The number of benzene rings is 1. The number of pyridine rings is 1. The normalized spacial score (nSPS) is 11.9. The van der Waals surface area contributed by atoms with Crippen LogP contribution in [0.25, 0.3) is 0 Å². The summed E-state index contributed by atoms with van der Waals surface area (Å²) in [5.74, 6) is -0.386. The molecule has 0 radical (unpaired) electrons. The predicted octanol–water partition coefficient (Wildman–Crippen LogP) is 4.02. The van der Waals surface area contributed by atoms with E-state index in [-0.39, 0.29) is 11.6 Å². The molecule has 0 aliphatic heterocycles. The first-order valence-electron chi connectivity index (χ1n) is 6.19. The topological polar surface area (TPSA) is 62.2 Å². The van der Waals surface area contributed by atoms with Gasteiger partial charge in [-0.3, -0.25) is 0 Å². The highest BCUT2D eigenvalue weighted by Gasteiger charge is 2.10. The van der Waals surface area contributed by atoms with E-state index in [9.17, 15) is 4.79 Å². The van der Waals surface area contributed by atoms with E-state index in [1.807, 2.05) is 31.2 Å². The number of aromatic nitrogens is 1. The average molecular weight is 335 g/mol. The monoisotopic (exact) mass is 334 g/mol. The number of carbonyl (C=O) groups is 1. The zero-order valence-corrected chi connectivity index (χ0v) is 12.8. The fraction of sp³-hybridized carbons (Fsp3) is 0.200. The Balaban J connectivity index is 2.23. The lowest BCUT2D eigenvalue weighted by Crippen LogP contribution is -2.09. The van der Waals surface area contributed by atoms with Crippen molar-refractivity contribution in [1.29, 1.82) is 0 Å². The van der Waals surface area contributed by atoms with Gasteiger partial charge < -0.3 is 10.4 Å². The first kappa shape index (κ1) is 14.5. The molecule has 1 heterocycles. The number of halogens is 1. The molecule has 2 N–H and O–H groups in total. The smallest absolute Gasteiger partial charge is 0.335 e. The standard InChI is InChI=1S/C15H15BrN2O2/c1-9-6-12(15(19)20)8-14(17-9)18-10(2)11-4-3-5-13(16)7-11/h3-8,10H,1-2H3,(H,17,18)(H,19,20). The third kappa shape index (κ3) is 3.57. The lowest BCUT2D eigenvalue weighted by Gasteiger charge is -2.16. The van der Waals surface area contributed by atoms with E-state index >= 15 is 0 Å². The Kier molecular flexibility index (Phi) is 4.39. The number of aromatic carboxylic acids is 1. The Morgan fingerprint density at radius 2 is 2.10 bits per heavy atom. The van der Waals surface area contributed by atoms with Crippen LogP contribution >= 0.6 is 15.9 Å². The van der Waals surface area contributed by atoms with Gasteiger partial charge in [0.2, 0.25) is 0 Å². The molecule has 1 aromatic carbocycles. The molecule has 0 saturated heterocycles. The number of carboxylic acids is 1. The second-order valence-electron chi connectivity index (χ2n) is 4.61. The lowest BCUT2D eigenvalue weighted by atomic mass is 10.1. The molecule has 0 saturated carbocycles. The van der Waals surface area contributed by atoms with Gasteiger partial charge in [-0.1, -0.05) is 28.1 Å². The Bertz CT molecular complexity index is 644. The van der Waals surface area contributed by atoms with E-state index in [1.54, 1.807) is 19.1 Å². The zero-order chi connectivity index (χ0) is 14.7.